The van der Waals surface area contributed by atoms with Crippen LogP contribution in [0.3, 0.4) is 0 Å². The van der Waals surface area contributed by atoms with Crippen molar-refractivity contribution >= 4 is 23.7 Å². The van der Waals surface area contributed by atoms with Crippen molar-refractivity contribution < 1.29 is 24.2 Å². The maximum absolute atomic E-state index is 12.4. The van der Waals surface area contributed by atoms with Crippen molar-refractivity contribution in [2.45, 2.75) is 26.2 Å². The second kappa shape index (κ2) is 9.97. The highest BCUT2D eigenvalue weighted by atomic mass is 16.5. The number of anilines is 1. The van der Waals surface area contributed by atoms with E-state index in [2.05, 4.69) is 39.9 Å². The third kappa shape index (κ3) is 5.01. The number of pyridine rings is 1. The third-order valence-electron chi connectivity index (χ3n) is 6.52. The van der Waals surface area contributed by atoms with Crippen molar-refractivity contribution in [2.24, 2.45) is 5.41 Å². The highest BCUT2D eigenvalue weighted by molar-refractivity contribution is 5.93. The maximum Gasteiger partial charge on any atom is 0.411 e. The van der Waals surface area contributed by atoms with Crippen LogP contribution >= 0.6 is 0 Å². The first-order valence-corrected chi connectivity index (χ1v) is 11.4. The van der Waals surface area contributed by atoms with Crippen molar-refractivity contribution in [3.05, 3.63) is 83.7 Å². The number of ether oxygens (including phenoxy) is 1. The van der Waals surface area contributed by atoms with Crippen molar-refractivity contribution in [3.63, 3.8) is 0 Å². The first-order chi connectivity index (χ1) is 16.8. The van der Waals surface area contributed by atoms with Gasteiger partial charge in [-0.2, -0.15) is 0 Å². The van der Waals surface area contributed by atoms with Crippen LogP contribution in [-0.2, 0) is 9.53 Å². The second-order valence-electron chi connectivity index (χ2n) is 8.78. The number of amides is 2. The Morgan fingerprint density at radius 3 is 2.17 bits per heavy atom. The van der Waals surface area contributed by atoms with Gasteiger partial charge in [-0.25, -0.2) is 9.78 Å². The van der Waals surface area contributed by atoms with Crippen LogP contribution in [0, 0.1) is 5.41 Å². The monoisotopic (exact) mass is 473 g/mol. The molecule has 2 amide bonds. The molecule has 1 aromatic heterocycles. The van der Waals surface area contributed by atoms with Gasteiger partial charge in [-0.05, 0) is 47.7 Å². The Balaban J connectivity index is 1.33. The molecular formula is C27H27N3O5. The Morgan fingerprint density at radius 1 is 1.00 bits per heavy atom. The molecule has 1 heterocycles. The maximum atomic E-state index is 12.4. The number of carbonyl (C=O) groups is 3. The topological polar surface area (TPSA) is 118 Å². The van der Waals surface area contributed by atoms with Gasteiger partial charge >= 0.3 is 12.1 Å². The number of rotatable bonds is 8. The Labute approximate surface area is 203 Å². The highest BCUT2D eigenvalue weighted by Gasteiger charge is 2.32. The van der Waals surface area contributed by atoms with Gasteiger partial charge in [-0.3, -0.25) is 14.9 Å². The standard InChI is InChI=1S/C27H27N3O5/c1-3-27(2,25(32)33)16-29-24(31)23-13-12-17(14-28-23)30-26(34)35-15-22-20-10-6-4-8-18(20)19-9-5-7-11-21(19)22/h4-14,22H,3,15-16H2,1-2H3,(H,29,31)(H,30,34)(H,32,33). The minimum atomic E-state index is -1.05. The summed E-state index contributed by atoms with van der Waals surface area (Å²) < 4.78 is 5.52. The average molecular weight is 474 g/mol. The second-order valence-corrected chi connectivity index (χ2v) is 8.78. The first kappa shape index (κ1) is 23.9. The van der Waals surface area contributed by atoms with Crippen LogP contribution in [0.25, 0.3) is 11.1 Å². The molecule has 0 saturated heterocycles. The van der Waals surface area contributed by atoms with Crippen LogP contribution in [0.15, 0.2) is 66.9 Å². The van der Waals surface area contributed by atoms with E-state index in [9.17, 15) is 19.5 Å². The zero-order chi connectivity index (χ0) is 25.0. The van der Waals surface area contributed by atoms with Gasteiger partial charge in [-0.15, -0.1) is 0 Å². The van der Waals surface area contributed by atoms with Gasteiger partial charge in [0.05, 0.1) is 17.3 Å². The fraction of sp³-hybridized carbons (Fsp3) is 0.259. The van der Waals surface area contributed by atoms with Crippen LogP contribution < -0.4 is 10.6 Å². The van der Waals surface area contributed by atoms with E-state index in [1.807, 2.05) is 24.3 Å². The normalized spacial score (nSPS) is 13.8. The molecule has 1 aliphatic rings. The Hall–Kier alpha value is -4.20. The SMILES string of the molecule is CCC(C)(CNC(=O)c1ccc(NC(=O)OCC2c3ccccc3-c3ccccc32)cn1)C(=O)O. The van der Waals surface area contributed by atoms with Gasteiger partial charge in [0.1, 0.15) is 12.3 Å². The van der Waals surface area contributed by atoms with Gasteiger partial charge in [0.2, 0.25) is 0 Å². The van der Waals surface area contributed by atoms with Gasteiger partial charge in [0, 0.05) is 12.5 Å². The summed E-state index contributed by atoms with van der Waals surface area (Å²) in [6.45, 7) is 3.50. The molecule has 4 rings (SSSR count). The zero-order valence-electron chi connectivity index (χ0n) is 19.6. The average Bonchev–Trinajstić information content (AvgIpc) is 3.20. The minimum Gasteiger partial charge on any atom is -0.481 e. The summed E-state index contributed by atoms with van der Waals surface area (Å²) in [5, 5.41) is 14.6. The molecule has 180 valence electrons. The van der Waals surface area contributed by atoms with E-state index in [0.29, 0.717) is 12.1 Å². The first-order valence-electron chi connectivity index (χ1n) is 11.4. The van der Waals surface area contributed by atoms with Gasteiger partial charge in [-0.1, -0.05) is 55.5 Å². The molecule has 0 aliphatic heterocycles. The quantitative estimate of drug-likeness (QED) is 0.438. The molecule has 2 aromatic carbocycles. The number of aromatic nitrogens is 1. The summed E-state index contributed by atoms with van der Waals surface area (Å²) in [6.07, 6.45) is 1.11. The van der Waals surface area contributed by atoms with E-state index < -0.39 is 23.4 Å². The fourth-order valence-corrected chi connectivity index (χ4v) is 4.07. The fourth-order valence-electron chi connectivity index (χ4n) is 4.07. The highest BCUT2D eigenvalue weighted by Crippen LogP contribution is 2.44. The number of aliphatic carboxylic acids is 1. The minimum absolute atomic E-state index is 0.0148. The predicted octanol–water partition coefficient (Wildman–Crippen LogP) is 4.67. The summed E-state index contributed by atoms with van der Waals surface area (Å²) in [7, 11) is 0. The van der Waals surface area contributed by atoms with E-state index in [4.69, 9.17) is 4.74 Å². The molecule has 0 saturated carbocycles. The van der Waals surface area contributed by atoms with E-state index in [1.54, 1.807) is 19.9 Å². The summed E-state index contributed by atoms with van der Waals surface area (Å²) in [6, 6.07) is 19.2. The molecule has 1 atom stereocenters. The molecule has 1 aliphatic carbocycles. The van der Waals surface area contributed by atoms with Crippen LogP contribution in [0.1, 0.15) is 47.8 Å². The molecule has 3 N–H and O–H groups in total. The lowest BCUT2D eigenvalue weighted by atomic mass is 9.88. The van der Waals surface area contributed by atoms with Crippen molar-refractivity contribution in [3.8, 4) is 11.1 Å². The van der Waals surface area contributed by atoms with Crippen molar-refractivity contribution in [1.29, 1.82) is 0 Å². The molecule has 0 radical (unpaired) electrons. The number of hydrogen-bond acceptors (Lipinski definition) is 5. The van der Waals surface area contributed by atoms with Crippen LogP contribution in [0.2, 0.25) is 0 Å². The lowest BCUT2D eigenvalue weighted by Gasteiger charge is -2.23. The molecule has 35 heavy (non-hydrogen) atoms. The van der Waals surface area contributed by atoms with E-state index in [-0.39, 0.29) is 24.8 Å². The molecule has 0 bridgehead atoms. The van der Waals surface area contributed by atoms with E-state index in [0.717, 1.165) is 22.3 Å². The number of hydrogen-bond donors (Lipinski definition) is 3. The molecular weight excluding hydrogens is 446 g/mol. The smallest absolute Gasteiger partial charge is 0.411 e. The molecule has 0 spiro atoms. The molecule has 3 aromatic rings. The van der Waals surface area contributed by atoms with Gasteiger partial charge < -0.3 is 15.2 Å². The lowest BCUT2D eigenvalue weighted by molar-refractivity contribution is -0.147. The van der Waals surface area contributed by atoms with Gasteiger partial charge in [0.15, 0.2) is 0 Å². The number of carbonyl (C=O) groups excluding carboxylic acids is 2. The molecule has 1 unspecified atom stereocenters. The summed E-state index contributed by atoms with van der Waals surface area (Å²) in [5.74, 6) is -1.51. The van der Waals surface area contributed by atoms with Gasteiger partial charge in [0.25, 0.3) is 5.91 Å². The number of benzene rings is 2. The molecule has 8 nitrogen and oxygen atoms in total. The summed E-state index contributed by atoms with van der Waals surface area (Å²) in [5.41, 5.74) is 3.99. The third-order valence-corrected chi connectivity index (χ3v) is 6.52. The predicted molar refractivity (Wildman–Crippen MR) is 131 cm³/mol. The largest absolute Gasteiger partial charge is 0.481 e. The van der Waals surface area contributed by atoms with E-state index in [1.165, 1.54) is 12.3 Å². The molecule has 0 fully saturated rings. The van der Waals surface area contributed by atoms with Crippen LogP contribution in [0.4, 0.5) is 10.5 Å². The van der Waals surface area contributed by atoms with E-state index >= 15 is 0 Å². The number of nitrogens with zero attached hydrogens (tertiary/aromatic N) is 1. The van der Waals surface area contributed by atoms with Crippen LogP contribution in [0.5, 0.6) is 0 Å². The van der Waals surface area contributed by atoms with Crippen LogP contribution in [-0.4, -0.2) is 41.2 Å². The lowest BCUT2D eigenvalue weighted by Crippen LogP contribution is -2.40. The Kier molecular flexibility index (Phi) is 6.82. The molecule has 8 heteroatoms. The number of nitrogens with one attached hydrogen (secondary N) is 2. The Morgan fingerprint density at radius 2 is 1.63 bits per heavy atom. The summed E-state index contributed by atoms with van der Waals surface area (Å²) >= 11 is 0. The number of fused-ring (bicyclic) bond motifs is 3. The van der Waals surface area contributed by atoms with Crippen molar-refractivity contribution in [2.75, 3.05) is 18.5 Å². The zero-order valence-corrected chi connectivity index (χ0v) is 19.6. The Bertz CT molecular complexity index is 1210. The van der Waals surface area contributed by atoms with Crippen molar-refractivity contribution in [1.82, 2.24) is 10.3 Å². The number of carboxylic acids is 1. The summed E-state index contributed by atoms with van der Waals surface area (Å²) in [4.78, 5) is 40.2. The number of carboxylic acid groups (broad SMARTS) is 1.